The maximum absolute atomic E-state index is 13.6. The van der Waals surface area contributed by atoms with Crippen LogP contribution in [0.1, 0.15) is 52.9 Å². The maximum Gasteiger partial charge on any atom is 0.314 e. The smallest absolute Gasteiger partial charge is 0.314 e. The Morgan fingerprint density at radius 3 is 2.63 bits per heavy atom. The highest BCUT2D eigenvalue weighted by Crippen LogP contribution is 2.46. The number of esters is 1. The zero-order valence-corrected chi connectivity index (χ0v) is 12.0. The lowest BCUT2D eigenvalue weighted by molar-refractivity contribution is -0.188. The molecule has 0 N–H and O–H groups in total. The molecular weight excluding hydrogens is 254 g/mol. The van der Waals surface area contributed by atoms with Crippen molar-refractivity contribution in [1.29, 1.82) is 0 Å². The van der Waals surface area contributed by atoms with E-state index in [1.165, 1.54) is 6.92 Å². The van der Waals surface area contributed by atoms with Gasteiger partial charge in [0.1, 0.15) is 0 Å². The first-order chi connectivity index (χ1) is 8.85. The third-order valence-electron chi connectivity index (χ3n) is 3.67. The van der Waals surface area contributed by atoms with Crippen molar-refractivity contribution in [2.45, 2.75) is 64.9 Å². The van der Waals surface area contributed by atoms with Crippen molar-refractivity contribution in [2.75, 3.05) is 13.2 Å². The monoisotopic (exact) mass is 278 g/mol. The first kappa shape index (κ1) is 16.3. The molecule has 0 aromatic heterocycles. The fourth-order valence-corrected chi connectivity index (χ4v) is 2.54. The van der Waals surface area contributed by atoms with Crippen LogP contribution in [0.15, 0.2) is 0 Å². The Morgan fingerprint density at radius 1 is 1.37 bits per heavy atom. The topological polar surface area (TPSA) is 35.5 Å². The summed E-state index contributed by atoms with van der Waals surface area (Å²) >= 11 is 0. The van der Waals surface area contributed by atoms with Gasteiger partial charge in [0.2, 0.25) is 5.92 Å². The minimum Gasteiger partial charge on any atom is -0.465 e. The van der Waals surface area contributed by atoms with Crippen molar-refractivity contribution < 1.29 is 23.0 Å². The zero-order chi connectivity index (χ0) is 14.5. The maximum atomic E-state index is 13.6. The molecule has 1 fully saturated rings. The summed E-state index contributed by atoms with van der Waals surface area (Å²) in [6.07, 6.45) is 0.850. The van der Waals surface area contributed by atoms with Crippen molar-refractivity contribution >= 4 is 5.97 Å². The second-order valence-corrected chi connectivity index (χ2v) is 5.42. The summed E-state index contributed by atoms with van der Waals surface area (Å²) in [5.74, 6) is -3.39. The molecule has 0 heterocycles. The van der Waals surface area contributed by atoms with Crippen LogP contribution in [0.4, 0.5) is 8.78 Å². The lowest BCUT2D eigenvalue weighted by Gasteiger charge is -2.42. The molecule has 112 valence electrons. The standard InChI is InChI=1S/C14H24F2O3/c1-4-6-9-19-11-7-8-14(15,16)10-13(11,3)12(17)18-5-2/h11H,4-10H2,1-3H3/t11?,13-/m0/s1. The number of rotatable bonds is 6. The summed E-state index contributed by atoms with van der Waals surface area (Å²) in [4.78, 5) is 12.0. The minimum absolute atomic E-state index is 0.196. The van der Waals surface area contributed by atoms with E-state index in [4.69, 9.17) is 9.47 Å². The van der Waals surface area contributed by atoms with Gasteiger partial charge in [0.25, 0.3) is 0 Å². The summed E-state index contributed by atoms with van der Waals surface area (Å²) in [5, 5.41) is 0. The Morgan fingerprint density at radius 2 is 2.05 bits per heavy atom. The van der Waals surface area contributed by atoms with E-state index in [0.717, 1.165) is 12.8 Å². The van der Waals surface area contributed by atoms with Crippen LogP contribution < -0.4 is 0 Å². The van der Waals surface area contributed by atoms with Crippen LogP contribution in [0.3, 0.4) is 0 Å². The number of hydrogen-bond acceptors (Lipinski definition) is 3. The predicted octanol–water partition coefficient (Wildman–Crippen LogP) is 3.56. The van der Waals surface area contributed by atoms with Crippen molar-refractivity contribution in [2.24, 2.45) is 5.41 Å². The van der Waals surface area contributed by atoms with Crippen LogP contribution in [0, 0.1) is 5.41 Å². The molecular formula is C14H24F2O3. The van der Waals surface area contributed by atoms with Crippen LogP contribution in [-0.2, 0) is 14.3 Å². The average molecular weight is 278 g/mol. The summed E-state index contributed by atoms with van der Waals surface area (Å²) in [5.41, 5.74) is -1.24. The van der Waals surface area contributed by atoms with Gasteiger partial charge in [0.15, 0.2) is 0 Å². The molecule has 1 aliphatic carbocycles. The molecule has 0 aliphatic heterocycles. The van der Waals surface area contributed by atoms with Gasteiger partial charge in [-0.1, -0.05) is 13.3 Å². The number of alkyl halides is 2. The van der Waals surface area contributed by atoms with E-state index in [1.54, 1.807) is 6.92 Å². The highest BCUT2D eigenvalue weighted by atomic mass is 19.3. The Labute approximate surface area is 113 Å². The highest BCUT2D eigenvalue weighted by molar-refractivity contribution is 5.77. The number of halogens is 2. The molecule has 5 heteroatoms. The average Bonchev–Trinajstić information content (AvgIpc) is 2.32. The zero-order valence-electron chi connectivity index (χ0n) is 12.0. The van der Waals surface area contributed by atoms with Gasteiger partial charge >= 0.3 is 5.97 Å². The third kappa shape index (κ3) is 4.13. The molecule has 1 rings (SSSR count). The van der Waals surface area contributed by atoms with E-state index >= 15 is 0 Å². The first-order valence-electron chi connectivity index (χ1n) is 7.02. The Balaban J connectivity index is 2.78. The lowest BCUT2D eigenvalue weighted by Crippen LogP contribution is -2.50. The fraction of sp³-hybridized carbons (Fsp3) is 0.929. The summed E-state index contributed by atoms with van der Waals surface area (Å²) in [7, 11) is 0. The molecule has 0 spiro atoms. The summed E-state index contributed by atoms with van der Waals surface area (Å²) in [6.45, 7) is 5.94. The van der Waals surface area contributed by atoms with Crippen LogP contribution in [0.25, 0.3) is 0 Å². The van der Waals surface area contributed by atoms with Gasteiger partial charge in [-0.3, -0.25) is 4.79 Å². The van der Waals surface area contributed by atoms with Crippen molar-refractivity contribution in [3.8, 4) is 0 Å². The van der Waals surface area contributed by atoms with Crippen LogP contribution in [0.5, 0.6) is 0 Å². The van der Waals surface area contributed by atoms with E-state index in [9.17, 15) is 13.6 Å². The number of hydrogen-bond donors (Lipinski definition) is 0. The van der Waals surface area contributed by atoms with Crippen LogP contribution in [-0.4, -0.2) is 31.2 Å². The molecule has 0 aromatic carbocycles. The second kappa shape index (κ2) is 6.64. The van der Waals surface area contributed by atoms with Gasteiger partial charge in [-0.15, -0.1) is 0 Å². The van der Waals surface area contributed by atoms with Gasteiger partial charge in [-0.25, -0.2) is 8.78 Å². The van der Waals surface area contributed by atoms with Gasteiger partial charge in [0.05, 0.1) is 18.1 Å². The molecule has 0 amide bonds. The molecule has 1 saturated carbocycles. The van der Waals surface area contributed by atoms with Crippen LogP contribution >= 0.6 is 0 Å². The van der Waals surface area contributed by atoms with Gasteiger partial charge in [-0.2, -0.15) is 0 Å². The van der Waals surface area contributed by atoms with E-state index in [-0.39, 0.29) is 19.4 Å². The fourth-order valence-electron chi connectivity index (χ4n) is 2.54. The van der Waals surface area contributed by atoms with Gasteiger partial charge < -0.3 is 9.47 Å². The number of carbonyl (C=O) groups is 1. The minimum atomic E-state index is -2.81. The SMILES string of the molecule is CCCCOC1CCC(F)(F)C[C@]1(C)C(=O)OCC. The highest BCUT2D eigenvalue weighted by Gasteiger charge is 2.54. The molecule has 0 saturated heterocycles. The molecule has 0 radical (unpaired) electrons. The molecule has 1 aliphatic rings. The summed E-state index contributed by atoms with van der Waals surface area (Å²) < 4.78 is 37.8. The Kier molecular flexibility index (Phi) is 5.71. The van der Waals surface area contributed by atoms with Crippen molar-refractivity contribution in [3.63, 3.8) is 0 Å². The van der Waals surface area contributed by atoms with Crippen molar-refractivity contribution in [3.05, 3.63) is 0 Å². The normalized spacial score (nSPS) is 30.1. The number of ether oxygens (including phenoxy) is 2. The first-order valence-corrected chi connectivity index (χ1v) is 7.02. The summed E-state index contributed by atoms with van der Waals surface area (Å²) in [6, 6.07) is 0. The van der Waals surface area contributed by atoms with Gasteiger partial charge in [0, 0.05) is 19.4 Å². The Bertz CT molecular complexity index is 307. The molecule has 2 atom stereocenters. The molecule has 0 aromatic rings. The molecule has 19 heavy (non-hydrogen) atoms. The molecule has 0 bridgehead atoms. The number of carbonyl (C=O) groups excluding carboxylic acids is 1. The quantitative estimate of drug-likeness (QED) is 0.550. The van der Waals surface area contributed by atoms with E-state index in [0.29, 0.717) is 6.61 Å². The van der Waals surface area contributed by atoms with Crippen molar-refractivity contribution in [1.82, 2.24) is 0 Å². The number of unbranched alkanes of at least 4 members (excludes halogenated alkanes) is 1. The molecule has 1 unspecified atom stereocenters. The lowest BCUT2D eigenvalue weighted by atomic mass is 9.71. The largest absolute Gasteiger partial charge is 0.465 e. The Hall–Kier alpha value is -0.710. The molecule has 3 nitrogen and oxygen atoms in total. The predicted molar refractivity (Wildman–Crippen MR) is 68.2 cm³/mol. The second-order valence-electron chi connectivity index (χ2n) is 5.42. The van der Waals surface area contributed by atoms with E-state index < -0.39 is 29.8 Å². The third-order valence-corrected chi connectivity index (χ3v) is 3.67. The van der Waals surface area contributed by atoms with E-state index in [1.807, 2.05) is 6.92 Å². The van der Waals surface area contributed by atoms with E-state index in [2.05, 4.69) is 0 Å². The van der Waals surface area contributed by atoms with Crippen LogP contribution in [0.2, 0.25) is 0 Å². The van der Waals surface area contributed by atoms with Gasteiger partial charge in [-0.05, 0) is 26.7 Å².